The fourth-order valence-corrected chi connectivity index (χ4v) is 9.07. The third-order valence-corrected chi connectivity index (χ3v) is 11.7. The van der Waals surface area contributed by atoms with Gasteiger partial charge in [-0.2, -0.15) is 0 Å². The molecule has 9 aromatic carbocycles. The van der Waals surface area contributed by atoms with Crippen molar-refractivity contribution in [2.24, 2.45) is 0 Å². The Hall–Kier alpha value is -8.08. The van der Waals surface area contributed by atoms with E-state index < -0.39 is 0 Å². The van der Waals surface area contributed by atoms with Crippen molar-refractivity contribution in [1.82, 2.24) is 14.5 Å². The normalized spacial score (nSPS) is 11.5. The van der Waals surface area contributed by atoms with Crippen molar-refractivity contribution >= 4 is 83.5 Å². The average Bonchev–Trinajstić information content (AvgIpc) is 3.65. The topological polar surface area (TPSA) is 34.0 Å². The minimum Gasteiger partial charge on any atom is -0.310 e. The molecular formula is C56H38N4. The third-order valence-electron chi connectivity index (χ3n) is 11.7. The van der Waals surface area contributed by atoms with Gasteiger partial charge in [-0.3, -0.25) is 4.57 Å². The zero-order valence-corrected chi connectivity index (χ0v) is 32.8. The summed E-state index contributed by atoms with van der Waals surface area (Å²) in [7, 11) is 0. The van der Waals surface area contributed by atoms with Crippen LogP contribution in [0.15, 0.2) is 207 Å². The van der Waals surface area contributed by atoms with E-state index in [1.54, 1.807) is 0 Å². The quantitative estimate of drug-likeness (QED) is 0.154. The summed E-state index contributed by atoms with van der Waals surface area (Å²) in [4.78, 5) is 13.1. The van der Waals surface area contributed by atoms with Gasteiger partial charge >= 0.3 is 0 Å². The summed E-state index contributed by atoms with van der Waals surface area (Å²) in [5.41, 5.74) is 12.4. The van der Waals surface area contributed by atoms with Crippen LogP contribution in [0.1, 0.15) is 11.1 Å². The van der Waals surface area contributed by atoms with Gasteiger partial charge in [-0.15, -0.1) is 0 Å². The van der Waals surface area contributed by atoms with Crippen LogP contribution in [-0.4, -0.2) is 14.5 Å². The van der Waals surface area contributed by atoms with Gasteiger partial charge in [0.05, 0.1) is 27.9 Å². The number of benzene rings is 9. The predicted octanol–water partition coefficient (Wildman–Crippen LogP) is 15.1. The molecule has 0 unspecified atom stereocenters. The van der Waals surface area contributed by atoms with Crippen molar-refractivity contribution in [3.63, 3.8) is 0 Å². The van der Waals surface area contributed by atoms with E-state index in [2.05, 4.69) is 205 Å². The number of aromatic nitrogens is 3. The van der Waals surface area contributed by atoms with Crippen LogP contribution in [0.4, 0.5) is 17.1 Å². The van der Waals surface area contributed by atoms with Gasteiger partial charge in [-0.05, 0) is 86.8 Å². The molecule has 0 amide bonds. The molecule has 11 rings (SSSR count). The van der Waals surface area contributed by atoms with Gasteiger partial charge in [-0.25, -0.2) is 9.97 Å². The lowest BCUT2D eigenvalue weighted by Crippen LogP contribution is -2.12. The summed E-state index contributed by atoms with van der Waals surface area (Å²) in [6.07, 6.45) is 3.83. The number of hydrogen-bond donors (Lipinski definition) is 0. The summed E-state index contributed by atoms with van der Waals surface area (Å²) in [5.74, 6) is 0.632. The molecule has 0 aliphatic rings. The highest BCUT2D eigenvalue weighted by Gasteiger charge is 2.23. The number of fused-ring (bicyclic) bond motifs is 7. The molecule has 0 bridgehead atoms. The zero-order valence-electron chi connectivity index (χ0n) is 32.8. The molecule has 0 spiro atoms. The summed E-state index contributed by atoms with van der Waals surface area (Å²) in [6.45, 7) is 8.39. The number of rotatable bonds is 8. The SMILES string of the molecule is C=Cc1cccc(N(c2ccccc2)c2cc(-c3cc4c(c5ccccc35)c3ccccc3n4-c3nc(-c4ccccc4)c4ccccc4n3)c3ccccc3c2)c1C=C. The molecule has 282 valence electrons. The Bertz CT molecular complexity index is 3470. The molecule has 60 heavy (non-hydrogen) atoms. The number of nitrogens with zero attached hydrogens (tertiary/aromatic N) is 4. The zero-order chi connectivity index (χ0) is 40.2. The van der Waals surface area contributed by atoms with Crippen molar-refractivity contribution in [2.45, 2.75) is 0 Å². The fraction of sp³-hybridized carbons (Fsp3) is 0. The van der Waals surface area contributed by atoms with Gasteiger partial charge in [-0.1, -0.05) is 171 Å². The molecule has 0 aliphatic carbocycles. The van der Waals surface area contributed by atoms with Gasteiger partial charge < -0.3 is 4.90 Å². The summed E-state index contributed by atoms with van der Waals surface area (Å²) in [6, 6.07) is 68.8. The van der Waals surface area contributed by atoms with Crippen LogP contribution in [0, 0.1) is 0 Å². The monoisotopic (exact) mass is 766 g/mol. The lowest BCUT2D eigenvalue weighted by molar-refractivity contribution is 1.01. The van der Waals surface area contributed by atoms with E-state index in [4.69, 9.17) is 9.97 Å². The molecule has 0 saturated heterocycles. The largest absolute Gasteiger partial charge is 0.310 e. The van der Waals surface area contributed by atoms with Gasteiger partial charge in [0.25, 0.3) is 0 Å². The van der Waals surface area contributed by atoms with E-state index in [0.717, 1.165) is 83.3 Å². The minimum atomic E-state index is 0.632. The minimum absolute atomic E-state index is 0.632. The first kappa shape index (κ1) is 35.1. The third kappa shape index (κ3) is 5.61. The van der Waals surface area contributed by atoms with Crippen LogP contribution in [0.3, 0.4) is 0 Å². The predicted molar refractivity (Wildman–Crippen MR) is 255 cm³/mol. The molecule has 4 heteroatoms. The second-order valence-corrected chi connectivity index (χ2v) is 15.0. The van der Waals surface area contributed by atoms with Gasteiger partial charge in [0.1, 0.15) is 0 Å². The van der Waals surface area contributed by atoms with E-state index in [1.165, 1.54) is 21.5 Å². The van der Waals surface area contributed by atoms with E-state index in [9.17, 15) is 0 Å². The molecule has 0 atom stereocenters. The van der Waals surface area contributed by atoms with E-state index >= 15 is 0 Å². The Morgan fingerprint density at radius 1 is 0.467 bits per heavy atom. The van der Waals surface area contributed by atoms with Crippen molar-refractivity contribution in [1.29, 1.82) is 0 Å². The standard InChI is InChI=1S/C56H38N4/c1-3-37-23-19-33-51(42(37)4-2)59(40-24-9-6-10-25-40)41-34-39-22-11-12-26-43(39)48(35-41)49-36-53-54(45-28-14-13-27-44(45)49)47-30-16-18-32-52(47)60(53)56-57-50-31-17-15-29-46(50)55(58-56)38-20-7-5-8-21-38/h3-36H,1-2H2. The maximum atomic E-state index is 5.41. The molecule has 2 aromatic heterocycles. The van der Waals surface area contributed by atoms with Crippen molar-refractivity contribution < 1.29 is 0 Å². The summed E-state index contributed by atoms with van der Waals surface area (Å²) < 4.78 is 2.26. The maximum absolute atomic E-state index is 5.41. The number of anilines is 3. The van der Waals surface area contributed by atoms with Crippen LogP contribution >= 0.6 is 0 Å². The fourth-order valence-electron chi connectivity index (χ4n) is 9.07. The highest BCUT2D eigenvalue weighted by atomic mass is 15.2. The molecular weight excluding hydrogens is 729 g/mol. The second kappa shape index (κ2) is 14.4. The molecule has 4 nitrogen and oxygen atoms in total. The summed E-state index contributed by atoms with van der Waals surface area (Å²) >= 11 is 0. The molecule has 0 fully saturated rings. The summed E-state index contributed by atoms with van der Waals surface area (Å²) in [5, 5.41) is 7.99. The van der Waals surface area contributed by atoms with Gasteiger partial charge in [0.2, 0.25) is 5.95 Å². The van der Waals surface area contributed by atoms with E-state index in [1.807, 2.05) is 24.3 Å². The number of hydrogen-bond acceptors (Lipinski definition) is 3. The molecule has 0 aliphatic heterocycles. The van der Waals surface area contributed by atoms with Crippen LogP contribution in [0.2, 0.25) is 0 Å². The van der Waals surface area contributed by atoms with Gasteiger partial charge in [0, 0.05) is 38.7 Å². The first-order chi connectivity index (χ1) is 29.7. The Kier molecular flexibility index (Phi) is 8.42. The van der Waals surface area contributed by atoms with Crippen LogP contribution < -0.4 is 4.90 Å². The first-order valence-corrected chi connectivity index (χ1v) is 20.2. The van der Waals surface area contributed by atoms with E-state index in [-0.39, 0.29) is 0 Å². The van der Waals surface area contributed by atoms with Crippen LogP contribution in [-0.2, 0) is 0 Å². The highest BCUT2D eigenvalue weighted by molar-refractivity contribution is 6.25. The lowest BCUT2D eigenvalue weighted by Gasteiger charge is -2.29. The molecule has 0 saturated carbocycles. The van der Waals surface area contributed by atoms with E-state index in [0.29, 0.717) is 5.95 Å². The average molecular weight is 767 g/mol. The molecule has 0 radical (unpaired) electrons. The van der Waals surface area contributed by atoms with Crippen molar-refractivity contribution in [2.75, 3.05) is 4.90 Å². The maximum Gasteiger partial charge on any atom is 0.235 e. The van der Waals surface area contributed by atoms with Gasteiger partial charge in [0.15, 0.2) is 0 Å². The Morgan fingerprint density at radius 2 is 1.12 bits per heavy atom. The van der Waals surface area contributed by atoms with Crippen LogP contribution in [0.25, 0.3) is 94.7 Å². The van der Waals surface area contributed by atoms with Crippen molar-refractivity contribution in [3.05, 3.63) is 218 Å². The highest BCUT2D eigenvalue weighted by Crippen LogP contribution is 2.46. The second-order valence-electron chi connectivity index (χ2n) is 15.0. The van der Waals surface area contributed by atoms with Crippen LogP contribution in [0.5, 0.6) is 0 Å². The Labute approximate surface area is 348 Å². The lowest BCUT2D eigenvalue weighted by atomic mass is 9.91. The Morgan fingerprint density at radius 3 is 1.90 bits per heavy atom. The molecule has 11 aromatic rings. The Balaban J connectivity index is 1.25. The smallest absolute Gasteiger partial charge is 0.235 e. The number of para-hydroxylation sites is 3. The molecule has 2 heterocycles. The van der Waals surface area contributed by atoms with Crippen molar-refractivity contribution in [3.8, 4) is 28.3 Å². The molecule has 0 N–H and O–H groups in total. The first-order valence-electron chi connectivity index (χ1n) is 20.2.